The Hall–Kier alpha value is -1.92. The maximum Gasteiger partial charge on any atom is 0.305 e. The quantitative estimate of drug-likeness (QED) is 0.0321. The summed E-state index contributed by atoms with van der Waals surface area (Å²) in [6.07, 6.45) is 74.3. The minimum atomic E-state index is -0.676. The van der Waals surface area contributed by atoms with E-state index in [1.165, 1.54) is 231 Å². The first-order valence-electron chi connectivity index (χ1n) is 31.2. The van der Waals surface area contributed by atoms with Gasteiger partial charge in [0.1, 0.15) is 0 Å². The molecule has 0 aliphatic rings. The SMILES string of the molecule is CCCCCC/C=C\C/C=C\CCCCCCCCCC(=O)OCCCCCCCCC/C=C\CCCCCCCC(=O)NC(CO)C(O)CCCCCCCCCCCCCCCCCCCCC. The third-order valence-corrected chi connectivity index (χ3v) is 14.4. The van der Waals surface area contributed by atoms with E-state index in [-0.39, 0.29) is 18.5 Å². The molecule has 0 aromatic carbocycles. The van der Waals surface area contributed by atoms with Crippen LogP contribution in [0.25, 0.3) is 0 Å². The second kappa shape index (κ2) is 59.6. The van der Waals surface area contributed by atoms with Gasteiger partial charge >= 0.3 is 5.97 Å². The molecule has 0 aromatic rings. The summed E-state index contributed by atoms with van der Waals surface area (Å²) in [4.78, 5) is 24.6. The van der Waals surface area contributed by atoms with Crippen molar-refractivity contribution >= 4 is 11.9 Å². The van der Waals surface area contributed by atoms with Gasteiger partial charge in [-0.3, -0.25) is 9.59 Å². The van der Waals surface area contributed by atoms with Crippen LogP contribution in [0.4, 0.5) is 0 Å². The van der Waals surface area contributed by atoms with Crippen molar-refractivity contribution < 1.29 is 24.5 Å². The van der Waals surface area contributed by atoms with Crippen LogP contribution in [0.15, 0.2) is 36.5 Å². The van der Waals surface area contributed by atoms with E-state index < -0.39 is 12.1 Å². The Morgan fingerprint density at radius 1 is 0.400 bits per heavy atom. The molecule has 0 saturated carbocycles. The van der Waals surface area contributed by atoms with E-state index in [1.54, 1.807) is 0 Å². The van der Waals surface area contributed by atoms with Crippen molar-refractivity contribution in [1.82, 2.24) is 5.32 Å². The molecule has 412 valence electrons. The summed E-state index contributed by atoms with van der Waals surface area (Å²) in [6.45, 7) is 4.93. The molecule has 0 rings (SSSR count). The first-order chi connectivity index (χ1) is 34.5. The first-order valence-corrected chi connectivity index (χ1v) is 31.2. The van der Waals surface area contributed by atoms with Crippen molar-refractivity contribution in [3.63, 3.8) is 0 Å². The Labute approximate surface area is 436 Å². The van der Waals surface area contributed by atoms with Gasteiger partial charge in [-0.15, -0.1) is 0 Å². The number of rotatable bonds is 58. The monoisotopic (exact) mass is 984 g/mol. The zero-order chi connectivity index (χ0) is 50.7. The molecule has 6 nitrogen and oxygen atoms in total. The lowest BCUT2D eigenvalue weighted by Crippen LogP contribution is -2.45. The number of esters is 1. The lowest BCUT2D eigenvalue weighted by Gasteiger charge is -2.22. The van der Waals surface area contributed by atoms with Crippen molar-refractivity contribution in [3.8, 4) is 0 Å². The van der Waals surface area contributed by atoms with E-state index in [0.29, 0.717) is 25.9 Å². The topological polar surface area (TPSA) is 95.9 Å². The van der Waals surface area contributed by atoms with Gasteiger partial charge in [0.05, 0.1) is 25.4 Å². The standard InChI is InChI=1S/C64H121NO5/c1-3-5-7-9-11-13-15-17-19-21-23-24-28-32-36-40-44-48-52-56-62(67)61(60-66)65-63(68)57-53-49-45-41-37-33-29-26-27-31-35-39-43-47-51-55-59-70-64(69)58-54-50-46-42-38-34-30-25-22-20-18-16-14-12-10-8-6-4-2/h14,16,20,22,26,29,61-62,66-67H,3-13,15,17-19,21,23-25,27-28,30-60H2,1-2H3,(H,65,68)/b16-14-,22-20-,29-26-. The molecule has 0 heterocycles. The van der Waals surface area contributed by atoms with Crippen molar-refractivity contribution in [2.45, 2.75) is 347 Å². The Kier molecular flexibility index (Phi) is 58.0. The van der Waals surface area contributed by atoms with Crippen LogP contribution in [0.5, 0.6) is 0 Å². The highest BCUT2D eigenvalue weighted by Crippen LogP contribution is 2.17. The molecule has 70 heavy (non-hydrogen) atoms. The molecule has 2 atom stereocenters. The van der Waals surface area contributed by atoms with E-state index in [1.807, 2.05) is 0 Å². The second-order valence-corrected chi connectivity index (χ2v) is 21.4. The van der Waals surface area contributed by atoms with Crippen LogP contribution in [0, 0.1) is 0 Å². The normalized spacial score (nSPS) is 12.8. The minimum Gasteiger partial charge on any atom is -0.466 e. The number of amides is 1. The summed E-state index contributed by atoms with van der Waals surface area (Å²) in [5, 5.41) is 23.3. The van der Waals surface area contributed by atoms with Gasteiger partial charge in [-0.25, -0.2) is 0 Å². The van der Waals surface area contributed by atoms with Gasteiger partial charge in [0.25, 0.3) is 0 Å². The van der Waals surface area contributed by atoms with E-state index in [9.17, 15) is 19.8 Å². The second-order valence-electron chi connectivity index (χ2n) is 21.4. The molecular weight excluding hydrogens is 863 g/mol. The average Bonchev–Trinajstić information content (AvgIpc) is 3.36. The Balaban J connectivity index is 3.46. The third kappa shape index (κ3) is 55.4. The molecule has 0 aliphatic heterocycles. The number of nitrogens with one attached hydrogen (secondary N) is 1. The summed E-state index contributed by atoms with van der Waals surface area (Å²) in [5.41, 5.74) is 0. The van der Waals surface area contributed by atoms with Crippen LogP contribution in [0.2, 0.25) is 0 Å². The zero-order valence-electron chi connectivity index (χ0n) is 47.0. The molecule has 0 fully saturated rings. The molecule has 0 bridgehead atoms. The smallest absolute Gasteiger partial charge is 0.305 e. The van der Waals surface area contributed by atoms with E-state index in [2.05, 4.69) is 55.6 Å². The molecule has 3 N–H and O–H groups in total. The summed E-state index contributed by atoms with van der Waals surface area (Å²) >= 11 is 0. The van der Waals surface area contributed by atoms with Crippen molar-refractivity contribution in [1.29, 1.82) is 0 Å². The largest absolute Gasteiger partial charge is 0.466 e. The van der Waals surface area contributed by atoms with Crippen LogP contribution >= 0.6 is 0 Å². The Bertz CT molecular complexity index is 1130. The molecular formula is C64H121NO5. The number of carbonyl (C=O) groups is 2. The van der Waals surface area contributed by atoms with Gasteiger partial charge in [-0.05, 0) is 83.5 Å². The van der Waals surface area contributed by atoms with Gasteiger partial charge in [0.15, 0.2) is 0 Å². The first kappa shape index (κ1) is 68.1. The van der Waals surface area contributed by atoms with Crippen LogP contribution in [0.1, 0.15) is 335 Å². The summed E-state index contributed by atoms with van der Waals surface area (Å²) in [7, 11) is 0. The van der Waals surface area contributed by atoms with Crippen molar-refractivity contribution in [3.05, 3.63) is 36.5 Å². The fourth-order valence-corrected chi connectivity index (χ4v) is 9.61. The highest BCUT2D eigenvalue weighted by molar-refractivity contribution is 5.76. The van der Waals surface area contributed by atoms with Crippen LogP contribution in [0.3, 0.4) is 0 Å². The van der Waals surface area contributed by atoms with Gasteiger partial charge in [0, 0.05) is 12.8 Å². The number of aliphatic hydroxyl groups is 2. The molecule has 6 heteroatoms. The lowest BCUT2D eigenvalue weighted by molar-refractivity contribution is -0.143. The predicted octanol–water partition coefficient (Wildman–Crippen LogP) is 19.6. The van der Waals surface area contributed by atoms with Crippen LogP contribution < -0.4 is 5.32 Å². The van der Waals surface area contributed by atoms with E-state index in [4.69, 9.17) is 4.74 Å². The van der Waals surface area contributed by atoms with Crippen molar-refractivity contribution in [2.75, 3.05) is 13.2 Å². The fourth-order valence-electron chi connectivity index (χ4n) is 9.61. The highest BCUT2D eigenvalue weighted by atomic mass is 16.5. The number of allylic oxidation sites excluding steroid dienone is 6. The van der Waals surface area contributed by atoms with Gasteiger partial charge in [-0.2, -0.15) is 0 Å². The minimum absolute atomic E-state index is 0.00973. The maximum atomic E-state index is 12.5. The van der Waals surface area contributed by atoms with Gasteiger partial charge in [-0.1, -0.05) is 275 Å². The maximum absolute atomic E-state index is 12.5. The fraction of sp³-hybridized carbons (Fsp3) is 0.875. The molecule has 0 saturated heterocycles. The van der Waals surface area contributed by atoms with Gasteiger partial charge < -0.3 is 20.3 Å². The molecule has 0 aromatic heterocycles. The van der Waals surface area contributed by atoms with E-state index >= 15 is 0 Å². The number of hydrogen-bond acceptors (Lipinski definition) is 5. The molecule has 0 aliphatic carbocycles. The van der Waals surface area contributed by atoms with Crippen LogP contribution in [-0.2, 0) is 14.3 Å². The Morgan fingerprint density at radius 2 is 0.714 bits per heavy atom. The number of carbonyl (C=O) groups excluding carboxylic acids is 2. The molecule has 0 spiro atoms. The summed E-state index contributed by atoms with van der Waals surface area (Å²) in [6, 6.07) is -0.555. The lowest BCUT2D eigenvalue weighted by atomic mass is 10.0. The van der Waals surface area contributed by atoms with E-state index in [0.717, 1.165) is 70.6 Å². The molecule has 2 unspecified atom stereocenters. The van der Waals surface area contributed by atoms with Crippen molar-refractivity contribution in [2.24, 2.45) is 0 Å². The molecule has 0 radical (unpaired) electrons. The van der Waals surface area contributed by atoms with Crippen LogP contribution in [-0.4, -0.2) is 47.4 Å². The number of unbranched alkanes of at least 4 members (excludes halogenated alkanes) is 41. The van der Waals surface area contributed by atoms with Gasteiger partial charge in [0.2, 0.25) is 5.91 Å². The Morgan fingerprint density at radius 3 is 1.11 bits per heavy atom. The zero-order valence-corrected chi connectivity index (χ0v) is 47.0. The average molecular weight is 985 g/mol. The number of ether oxygens (including phenoxy) is 1. The molecule has 1 amide bonds. The predicted molar refractivity (Wildman–Crippen MR) is 306 cm³/mol. The summed E-state index contributed by atoms with van der Waals surface area (Å²) in [5.74, 6) is -0.0598. The number of aliphatic hydroxyl groups excluding tert-OH is 2. The third-order valence-electron chi connectivity index (χ3n) is 14.4. The summed E-state index contributed by atoms with van der Waals surface area (Å²) < 4.78 is 5.48. The highest BCUT2D eigenvalue weighted by Gasteiger charge is 2.20. The number of hydrogen-bond donors (Lipinski definition) is 3.